The first-order chi connectivity index (χ1) is 11.2. The number of nitrogens with one attached hydrogen (secondary N) is 1. The van der Waals surface area contributed by atoms with Crippen molar-refractivity contribution in [3.05, 3.63) is 29.3 Å². The topological polar surface area (TPSA) is 12.0 Å². The summed E-state index contributed by atoms with van der Waals surface area (Å²) in [7, 11) is 0. The molecule has 0 unspecified atom stereocenters. The molecule has 1 aromatic rings. The third kappa shape index (κ3) is 5.86. The third-order valence-corrected chi connectivity index (χ3v) is 5.63. The molecule has 2 rings (SSSR count). The minimum atomic E-state index is 0.808. The van der Waals surface area contributed by atoms with Crippen LogP contribution in [0.25, 0.3) is 0 Å². The Bertz CT molecular complexity index is 443. The summed E-state index contributed by atoms with van der Waals surface area (Å²) in [5.41, 5.74) is 4.40. The predicted molar refractivity (Wildman–Crippen MR) is 103 cm³/mol. The number of benzene rings is 1. The molecule has 1 aromatic carbocycles. The molecule has 0 heterocycles. The van der Waals surface area contributed by atoms with E-state index in [9.17, 15) is 0 Å². The van der Waals surface area contributed by atoms with E-state index in [-0.39, 0.29) is 0 Å². The van der Waals surface area contributed by atoms with Gasteiger partial charge >= 0.3 is 0 Å². The third-order valence-electron chi connectivity index (χ3n) is 5.63. The van der Waals surface area contributed by atoms with Crippen LogP contribution in [0.5, 0.6) is 0 Å². The van der Waals surface area contributed by atoms with Gasteiger partial charge in [0.25, 0.3) is 0 Å². The Labute approximate surface area is 144 Å². The summed E-state index contributed by atoms with van der Waals surface area (Å²) in [4.78, 5) is 0. The Balaban J connectivity index is 1.83. The summed E-state index contributed by atoms with van der Waals surface area (Å²) >= 11 is 0. The first kappa shape index (κ1) is 18.4. The molecule has 23 heavy (non-hydrogen) atoms. The zero-order valence-corrected chi connectivity index (χ0v) is 15.7. The fourth-order valence-corrected chi connectivity index (χ4v) is 4.10. The van der Waals surface area contributed by atoms with Crippen LogP contribution in [-0.2, 0) is 0 Å². The van der Waals surface area contributed by atoms with E-state index >= 15 is 0 Å². The van der Waals surface area contributed by atoms with Gasteiger partial charge in [0.1, 0.15) is 0 Å². The molecule has 1 heteroatoms. The van der Waals surface area contributed by atoms with Gasteiger partial charge in [-0.2, -0.15) is 0 Å². The molecule has 0 amide bonds. The van der Waals surface area contributed by atoms with E-state index in [1.807, 2.05) is 0 Å². The van der Waals surface area contributed by atoms with Crippen molar-refractivity contribution in [2.75, 3.05) is 11.9 Å². The highest BCUT2D eigenvalue weighted by Crippen LogP contribution is 2.39. The van der Waals surface area contributed by atoms with E-state index in [1.54, 1.807) is 5.56 Å². The highest BCUT2D eigenvalue weighted by molar-refractivity contribution is 5.49. The number of aryl methyl sites for hydroxylation is 1. The van der Waals surface area contributed by atoms with Crippen molar-refractivity contribution < 1.29 is 0 Å². The second-order valence-corrected chi connectivity index (χ2v) is 7.57. The molecule has 1 saturated carbocycles. The molecule has 130 valence electrons. The average Bonchev–Trinajstić information content (AvgIpc) is 2.56. The molecule has 0 aromatic heterocycles. The first-order valence-corrected chi connectivity index (χ1v) is 10.1. The predicted octanol–water partition coefficient (Wildman–Crippen LogP) is 7.06. The van der Waals surface area contributed by atoms with Gasteiger partial charge < -0.3 is 5.32 Å². The van der Waals surface area contributed by atoms with Crippen LogP contribution in [0.3, 0.4) is 0 Å². The van der Waals surface area contributed by atoms with Crippen molar-refractivity contribution in [1.82, 2.24) is 0 Å². The molecular formula is C22H37N. The van der Waals surface area contributed by atoms with Crippen LogP contribution in [0.2, 0.25) is 0 Å². The molecule has 1 N–H and O–H groups in total. The van der Waals surface area contributed by atoms with Crippen molar-refractivity contribution in [3.8, 4) is 0 Å². The smallest absolute Gasteiger partial charge is 0.0343 e. The molecule has 1 fully saturated rings. The lowest BCUT2D eigenvalue weighted by Gasteiger charge is -2.30. The molecule has 0 saturated heterocycles. The highest BCUT2D eigenvalue weighted by Gasteiger charge is 2.23. The van der Waals surface area contributed by atoms with Crippen molar-refractivity contribution in [3.63, 3.8) is 0 Å². The molecule has 0 spiro atoms. The summed E-state index contributed by atoms with van der Waals surface area (Å²) in [5.74, 6) is 1.82. The zero-order valence-electron chi connectivity index (χ0n) is 15.7. The Morgan fingerprint density at radius 1 is 0.957 bits per heavy atom. The summed E-state index contributed by atoms with van der Waals surface area (Å²) in [5, 5.41) is 3.55. The lowest BCUT2D eigenvalue weighted by molar-refractivity contribution is 0.302. The van der Waals surface area contributed by atoms with Crippen molar-refractivity contribution in [2.45, 2.75) is 90.9 Å². The quantitative estimate of drug-likeness (QED) is 0.481. The van der Waals surface area contributed by atoms with Crippen LogP contribution in [0.1, 0.15) is 95.1 Å². The second kappa shape index (κ2) is 10.0. The van der Waals surface area contributed by atoms with Gasteiger partial charge in [-0.25, -0.2) is 0 Å². The molecule has 0 aliphatic heterocycles. The summed E-state index contributed by atoms with van der Waals surface area (Å²) in [6.45, 7) is 7.95. The number of rotatable bonds is 9. The van der Waals surface area contributed by atoms with E-state index in [4.69, 9.17) is 0 Å². The van der Waals surface area contributed by atoms with Gasteiger partial charge in [0.2, 0.25) is 0 Å². The maximum Gasteiger partial charge on any atom is 0.0343 e. The Kier molecular flexibility index (Phi) is 7.99. The highest BCUT2D eigenvalue weighted by atomic mass is 14.9. The molecule has 0 atom stereocenters. The number of anilines is 1. The van der Waals surface area contributed by atoms with Crippen molar-refractivity contribution in [1.29, 1.82) is 0 Å². The first-order valence-electron chi connectivity index (χ1n) is 10.1. The summed E-state index contributed by atoms with van der Waals surface area (Å²) < 4.78 is 0. The van der Waals surface area contributed by atoms with Crippen molar-refractivity contribution in [2.24, 2.45) is 5.92 Å². The Morgan fingerprint density at radius 3 is 2.35 bits per heavy atom. The van der Waals surface area contributed by atoms with Crippen LogP contribution in [0.4, 0.5) is 5.69 Å². The van der Waals surface area contributed by atoms with Gasteiger partial charge in [-0.1, -0.05) is 52.0 Å². The van der Waals surface area contributed by atoms with E-state index in [1.165, 1.54) is 75.5 Å². The van der Waals surface area contributed by atoms with Gasteiger partial charge in [0.05, 0.1) is 0 Å². The van der Waals surface area contributed by atoms with Gasteiger partial charge in [-0.05, 0) is 74.1 Å². The van der Waals surface area contributed by atoms with E-state index < -0.39 is 0 Å². The van der Waals surface area contributed by atoms with E-state index in [0.29, 0.717) is 0 Å². The van der Waals surface area contributed by atoms with Crippen LogP contribution >= 0.6 is 0 Å². The normalized spacial score (nSPS) is 21.3. The molecule has 1 aliphatic rings. The second-order valence-electron chi connectivity index (χ2n) is 7.57. The fraction of sp³-hybridized carbons (Fsp3) is 0.727. The maximum atomic E-state index is 3.55. The van der Waals surface area contributed by atoms with Crippen molar-refractivity contribution >= 4 is 5.69 Å². The SMILES string of the molecule is CCCCC[C@H]1CC[C@H](c2ccc(NCCCC)cc2C)CC1. The molecule has 0 radical (unpaired) electrons. The molecule has 1 nitrogen and oxygen atoms in total. The standard InChI is InChI=1S/C22H37N/c1-4-6-8-9-19-10-12-20(13-11-19)22-15-14-21(17-18(22)3)23-16-7-5-2/h14-15,17,19-20,23H,4-13,16H2,1-3H3/t19-,20-. The Hall–Kier alpha value is -0.980. The number of hydrogen-bond donors (Lipinski definition) is 1. The van der Waals surface area contributed by atoms with Crippen LogP contribution < -0.4 is 5.32 Å². The van der Waals surface area contributed by atoms with Gasteiger partial charge in [0, 0.05) is 12.2 Å². The summed E-state index contributed by atoms with van der Waals surface area (Å²) in [6.07, 6.45) is 13.9. The van der Waals surface area contributed by atoms with Gasteiger partial charge in [0.15, 0.2) is 0 Å². The van der Waals surface area contributed by atoms with Gasteiger partial charge in [-0.3, -0.25) is 0 Å². The minimum absolute atomic E-state index is 0.808. The largest absolute Gasteiger partial charge is 0.385 e. The lowest BCUT2D eigenvalue weighted by atomic mass is 9.76. The lowest BCUT2D eigenvalue weighted by Crippen LogP contribution is -2.14. The minimum Gasteiger partial charge on any atom is -0.385 e. The van der Waals surface area contributed by atoms with E-state index in [0.717, 1.165) is 18.4 Å². The number of hydrogen-bond acceptors (Lipinski definition) is 1. The maximum absolute atomic E-state index is 3.55. The average molecular weight is 316 g/mol. The fourth-order valence-electron chi connectivity index (χ4n) is 4.10. The zero-order chi connectivity index (χ0) is 16.5. The Morgan fingerprint density at radius 2 is 1.70 bits per heavy atom. The van der Waals surface area contributed by atoms with Crippen LogP contribution in [0.15, 0.2) is 18.2 Å². The van der Waals surface area contributed by atoms with E-state index in [2.05, 4.69) is 44.3 Å². The van der Waals surface area contributed by atoms with Crippen LogP contribution in [-0.4, -0.2) is 6.54 Å². The summed E-state index contributed by atoms with van der Waals surface area (Å²) in [6, 6.07) is 7.05. The molecular weight excluding hydrogens is 278 g/mol. The molecule has 1 aliphatic carbocycles. The molecule has 0 bridgehead atoms. The van der Waals surface area contributed by atoms with Gasteiger partial charge in [-0.15, -0.1) is 0 Å². The number of unbranched alkanes of at least 4 members (excludes halogenated alkanes) is 3. The van der Waals surface area contributed by atoms with Crippen LogP contribution in [0, 0.1) is 12.8 Å². The monoisotopic (exact) mass is 315 g/mol.